The van der Waals surface area contributed by atoms with Gasteiger partial charge in [0.15, 0.2) is 12.4 Å². The second kappa shape index (κ2) is 6.88. The van der Waals surface area contributed by atoms with Crippen molar-refractivity contribution in [3.8, 4) is 0 Å². The van der Waals surface area contributed by atoms with E-state index in [9.17, 15) is 14.4 Å². The van der Waals surface area contributed by atoms with Crippen molar-refractivity contribution < 1.29 is 33.9 Å². The van der Waals surface area contributed by atoms with Gasteiger partial charge in [0, 0.05) is 25.3 Å². The Morgan fingerprint density at radius 1 is 1.41 bits per heavy atom. The Morgan fingerprint density at radius 3 is 2.82 bits per heavy atom. The topological polar surface area (TPSA) is 116 Å². The molecule has 1 fully saturated rings. The number of carbonyl (C=O) groups is 3. The molecule has 8 heteroatoms. The molecule has 0 aromatic rings. The van der Waals surface area contributed by atoms with E-state index in [1.165, 1.54) is 6.08 Å². The van der Waals surface area contributed by atoms with E-state index < -0.39 is 24.2 Å². The fourth-order valence-corrected chi connectivity index (χ4v) is 2.54. The first-order valence-electron chi connectivity index (χ1n) is 6.84. The summed E-state index contributed by atoms with van der Waals surface area (Å²) in [5.74, 6) is -2.03. The fraction of sp³-hybridized carbons (Fsp3) is 0.429. The minimum atomic E-state index is -1.16. The van der Waals surface area contributed by atoms with Crippen LogP contribution in [0.1, 0.15) is 19.3 Å². The largest absolute Gasteiger partial charge is 0.477 e. The number of nitrogens with one attached hydrogen (secondary N) is 1. The first-order valence-corrected chi connectivity index (χ1v) is 6.84. The number of carboxylic acid groups (broad SMARTS) is 2. The molecule has 118 valence electrons. The maximum absolute atomic E-state index is 11.1. The van der Waals surface area contributed by atoms with Crippen LogP contribution in [0.15, 0.2) is 23.4 Å². The number of rotatable bonds is 5. The predicted octanol–water partition coefficient (Wildman–Crippen LogP) is -0.296. The Balaban J connectivity index is 2.21. The van der Waals surface area contributed by atoms with Gasteiger partial charge in [-0.1, -0.05) is 0 Å². The van der Waals surface area contributed by atoms with Gasteiger partial charge in [-0.25, -0.2) is 14.2 Å². The quantitative estimate of drug-likeness (QED) is 0.472. The molecule has 2 aliphatic rings. The average molecular weight is 309 g/mol. The molecule has 2 aliphatic heterocycles. The van der Waals surface area contributed by atoms with E-state index in [1.807, 2.05) is 0 Å². The van der Waals surface area contributed by atoms with Gasteiger partial charge in [0.05, 0.1) is 0 Å². The van der Waals surface area contributed by atoms with E-state index in [0.717, 1.165) is 6.42 Å². The maximum Gasteiger partial charge on any atom is 0.372 e. The lowest BCUT2D eigenvalue weighted by molar-refractivity contribution is -0.527. The molecule has 0 unspecified atom stereocenters. The molecule has 22 heavy (non-hydrogen) atoms. The zero-order valence-electron chi connectivity index (χ0n) is 11.8. The summed E-state index contributed by atoms with van der Waals surface area (Å²) in [7, 11) is 0. The van der Waals surface area contributed by atoms with Gasteiger partial charge in [0.2, 0.25) is 6.04 Å². The van der Waals surface area contributed by atoms with E-state index in [4.69, 9.17) is 14.9 Å². The number of aliphatic carboxylic acids is 2. The molecule has 3 N–H and O–H groups in total. The van der Waals surface area contributed by atoms with E-state index in [1.54, 1.807) is 16.9 Å². The van der Waals surface area contributed by atoms with Gasteiger partial charge in [-0.2, -0.15) is 0 Å². The molecule has 0 radical (unpaired) electrons. The summed E-state index contributed by atoms with van der Waals surface area (Å²) in [5, 5.41) is 20.7. The Bertz CT molecular complexity index is 578. The highest BCUT2D eigenvalue weighted by Crippen LogP contribution is 2.17. The molecule has 0 spiro atoms. The highest BCUT2D eigenvalue weighted by atomic mass is 16.5. The molecule has 0 aliphatic carbocycles. The van der Waals surface area contributed by atoms with Crippen LogP contribution in [0.5, 0.6) is 0 Å². The van der Waals surface area contributed by atoms with E-state index in [2.05, 4.69) is 5.32 Å². The summed E-state index contributed by atoms with van der Waals surface area (Å²) < 4.78 is 6.48. The molecule has 1 saturated heterocycles. The molecular formula is C14H17N2O6+. The third-order valence-corrected chi connectivity index (χ3v) is 3.58. The van der Waals surface area contributed by atoms with Crippen LogP contribution in [0, 0.1) is 0 Å². The molecule has 0 saturated carbocycles. The van der Waals surface area contributed by atoms with Gasteiger partial charge in [-0.3, -0.25) is 4.79 Å². The molecular weight excluding hydrogens is 292 g/mol. The Morgan fingerprint density at radius 2 is 2.18 bits per heavy atom. The molecule has 2 heterocycles. The standard InChI is InChI=1S/C14H16N2O6/c17-8-22-12-7-9(6-10(15-12)13(18)19)3-5-16-4-1-2-11(16)14(20)21/h3,5-6,8,11-12H,1-2,4,7H2,(H2,18,19,20,21)/p+1/t11-,12+/m0/s1. The molecule has 0 bridgehead atoms. The second-order valence-electron chi connectivity index (χ2n) is 5.06. The van der Waals surface area contributed by atoms with Crippen LogP contribution in [0.3, 0.4) is 0 Å². The lowest BCUT2D eigenvalue weighted by atomic mass is 10.1. The lowest BCUT2D eigenvalue weighted by Crippen LogP contribution is -2.37. The van der Waals surface area contributed by atoms with Gasteiger partial charge in [0.1, 0.15) is 12.2 Å². The molecule has 2 atom stereocenters. The van der Waals surface area contributed by atoms with Gasteiger partial charge in [-0.05, 0) is 11.6 Å². The fourth-order valence-electron chi connectivity index (χ4n) is 2.54. The Hall–Kier alpha value is -2.64. The average Bonchev–Trinajstić information content (AvgIpc) is 2.94. The smallest absolute Gasteiger partial charge is 0.372 e. The van der Waals surface area contributed by atoms with Crippen LogP contribution in [0.2, 0.25) is 0 Å². The van der Waals surface area contributed by atoms with Gasteiger partial charge in [0.25, 0.3) is 6.47 Å². The van der Waals surface area contributed by atoms with Gasteiger partial charge < -0.3 is 20.3 Å². The lowest BCUT2D eigenvalue weighted by Gasteiger charge is -2.23. The van der Waals surface area contributed by atoms with E-state index in [-0.39, 0.29) is 12.2 Å². The summed E-state index contributed by atoms with van der Waals surface area (Å²) in [6.07, 6.45) is 5.69. The zero-order valence-corrected chi connectivity index (χ0v) is 11.8. The van der Waals surface area contributed by atoms with Crippen LogP contribution in [-0.4, -0.2) is 58.2 Å². The molecule has 0 amide bonds. The van der Waals surface area contributed by atoms with Gasteiger partial charge >= 0.3 is 11.9 Å². The van der Waals surface area contributed by atoms with Crippen molar-refractivity contribution in [1.82, 2.24) is 5.32 Å². The van der Waals surface area contributed by atoms with Crippen molar-refractivity contribution in [1.29, 1.82) is 0 Å². The van der Waals surface area contributed by atoms with Crippen LogP contribution >= 0.6 is 0 Å². The van der Waals surface area contributed by atoms with E-state index in [0.29, 0.717) is 25.0 Å². The van der Waals surface area contributed by atoms with Crippen LogP contribution < -0.4 is 5.32 Å². The minimum Gasteiger partial charge on any atom is -0.477 e. The number of hydrogen-bond donors (Lipinski definition) is 3. The summed E-state index contributed by atoms with van der Waals surface area (Å²) in [6.45, 7) is 0.896. The number of hydrogen-bond acceptors (Lipinski definition) is 5. The van der Waals surface area contributed by atoms with Crippen molar-refractivity contribution in [2.75, 3.05) is 6.54 Å². The third-order valence-electron chi connectivity index (χ3n) is 3.58. The first kappa shape index (κ1) is 15.7. The molecule has 0 aromatic heterocycles. The van der Waals surface area contributed by atoms with E-state index >= 15 is 0 Å². The van der Waals surface area contributed by atoms with Crippen molar-refractivity contribution >= 4 is 24.6 Å². The maximum atomic E-state index is 11.1. The predicted molar refractivity (Wildman–Crippen MR) is 74.3 cm³/mol. The minimum absolute atomic E-state index is 0.0750. The summed E-state index contributed by atoms with van der Waals surface area (Å²) in [6, 6.07) is -0.552. The highest BCUT2D eigenvalue weighted by Gasteiger charge is 2.33. The van der Waals surface area contributed by atoms with Crippen molar-refractivity contribution in [2.24, 2.45) is 0 Å². The number of carboxylic acids is 2. The summed E-state index contributed by atoms with van der Waals surface area (Å²) in [5.41, 5.74) is 0.563. The highest BCUT2D eigenvalue weighted by molar-refractivity contribution is 5.87. The summed E-state index contributed by atoms with van der Waals surface area (Å²) >= 11 is 0. The second-order valence-corrected chi connectivity index (χ2v) is 5.06. The summed E-state index contributed by atoms with van der Waals surface area (Å²) in [4.78, 5) is 32.6. The zero-order chi connectivity index (χ0) is 16.1. The van der Waals surface area contributed by atoms with Crippen molar-refractivity contribution in [3.05, 3.63) is 23.4 Å². The monoisotopic (exact) mass is 309 g/mol. The van der Waals surface area contributed by atoms with Crippen LogP contribution in [-0.2, 0) is 19.1 Å². The van der Waals surface area contributed by atoms with Gasteiger partial charge in [-0.15, -0.1) is 0 Å². The van der Waals surface area contributed by atoms with Crippen molar-refractivity contribution in [2.45, 2.75) is 31.5 Å². The number of nitrogens with zero attached hydrogens (tertiary/aromatic N) is 1. The number of ether oxygens (including phenoxy) is 1. The van der Waals surface area contributed by atoms with Crippen LogP contribution in [0.25, 0.3) is 0 Å². The molecule has 2 rings (SSSR count). The Kier molecular flexibility index (Phi) is 4.92. The van der Waals surface area contributed by atoms with Crippen molar-refractivity contribution in [3.63, 3.8) is 0 Å². The normalized spacial score (nSPS) is 28.1. The number of allylic oxidation sites excluding steroid dienone is 2. The SMILES string of the molecule is O=CO[C@@H]1C/C(=C/C=[N+]2\CCC[C@H]2C(=O)O)C=C(C(=O)O)N1. The third kappa shape index (κ3) is 3.72. The first-order chi connectivity index (χ1) is 10.5. The molecule has 0 aromatic carbocycles. The molecule has 8 nitrogen and oxygen atoms in total. The Labute approximate surface area is 126 Å². The number of carbonyl (C=O) groups excluding carboxylic acids is 1. The van der Waals surface area contributed by atoms with Crippen LogP contribution in [0.4, 0.5) is 0 Å².